The number of rotatable bonds is 6. The summed E-state index contributed by atoms with van der Waals surface area (Å²) in [6, 6.07) is 8.10. The van der Waals surface area contributed by atoms with Crippen LogP contribution in [0.3, 0.4) is 0 Å². The van der Waals surface area contributed by atoms with Crippen LogP contribution in [0, 0.1) is 6.92 Å². The molecule has 0 aliphatic heterocycles. The van der Waals surface area contributed by atoms with Crippen LogP contribution in [0.15, 0.2) is 29.6 Å². The maximum atomic E-state index is 10.9. The van der Waals surface area contributed by atoms with Gasteiger partial charge in [-0.1, -0.05) is 6.92 Å². The predicted octanol–water partition coefficient (Wildman–Crippen LogP) is 5.04. The standard InChI is InChI=1S/C18H18O3S2/c1-3-14-6-11(2)17(23-14)9-21-13-4-5-15-12(7-18(19)20)10-22-16(15)8-13/h4-6,8,10H,3,7,9H2,1-2H3,(H,19,20). The van der Waals surface area contributed by atoms with Crippen LogP contribution in [0.5, 0.6) is 5.75 Å². The molecular formula is C18H18O3S2. The molecule has 3 nitrogen and oxygen atoms in total. The number of benzene rings is 1. The first-order chi connectivity index (χ1) is 11.1. The van der Waals surface area contributed by atoms with E-state index in [0.29, 0.717) is 6.61 Å². The molecule has 0 aliphatic rings. The molecule has 1 N–H and O–H groups in total. The Labute approximate surface area is 143 Å². The largest absolute Gasteiger partial charge is 0.488 e. The van der Waals surface area contributed by atoms with Crippen molar-refractivity contribution in [2.75, 3.05) is 0 Å². The zero-order valence-corrected chi connectivity index (χ0v) is 14.7. The molecule has 3 aromatic rings. The van der Waals surface area contributed by atoms with Crippen molar-refractivity contribution >= 4 is 38.7 Å². The fourth-order valence-corrected chi connectivity index (χ4v) is 4.53. The number of carbonyl (C=O) groups is 1. The lowest BCUT2D eigenvalue weighted by atomic mass is 10.1. The highest BCUT2D eigenvalue weighted by atomic mass is 32.1. The van der Waals surface area contributed by atoms with Gasteiger partial charge in [-0.3, -0.25) is 4.79 Å². The third kappa shape index (κ3) is 3.57. The van der Waals surface area contributed by atoms with Gasteiger partial charge in [0.25, 0.3) is 0 Å². The van der Waals surface area contributed by atoms with E-state index in [2.05, 4.69) is 19.9 Å². The Morgan fingerprint density at radius 2 is 2.13 bits per heavy atom. The molecule has 2 heterocycles. The Hall–Kier alpha value is -1.85. The topological polar surface area (TPSA) is 46.5 Å². The van der Waals surface area contributed by atoms with Crippen LogP contribution >= 0.6 is 22.7 Å². The molecule has 0 saturated carbocycles. The highest BCUT2D eigenvalue weighted by molar-refractivity contribution is 7.17. The molecule has 120 valence electrons. The van der Waals surface area contributed by atoms with E-state index in [1.54, 1.807) is 22.7 Å². The van der Waals surface area contributed by atoms with E-state index in [0.717, 1.165) is 27.8 Å². The molecule has 5 heteroatoms. The van der Waals surface area contributed by atoms with E-state index in [4.69, 9.17) is 9.84 Å². The summed E-state index contributed by atoms with van der Waals surface area (Å²) in [7, 11) is 0. The number of hydrogen-bond donors (Lipinski definition) is 1. The van der Waals surface area contributed by atoms with Gasteiger partial charge in [0.15, 0.2) is 0 Å². The first kappa shape index (κ1) is 16.0. The predicted molar refractivity (Wildman–Crippen MR) is 95.9 cm³/mol. The van der Waals surface area contributed by atoms with Crippen LogP contribution in [0.4, 0.5) is 0 Å². The maximum absolute atomic E-state index is 10.9. The Balaban J connectivity index is 1.75. The van der Waals surface area contributed by atoms with Crippen molar-refractivity contribution in [1.82, 2.24) is 0 Å². The number of thiophene rings is 2. The van der Waals surface area contributed by atoms with E-state index >= 15 is 0 Å². The fraction of sp³-hybridized carbons (Fsp3) is 0.278. The Bertz CT molecular complexity index is 845. The fourth-order valence-electron chi connectivity index (χ4n) is 2.51. The number of fused-ring (bicyclic) bond motifs is 1. The molecule has 1 aromatic carbocycles. The van der Waals surface area contributed by atoms with Crippen LogP contribution in [0.2, 0.25) is 0 Å². The number of aliphatic carboxylic acids is 1. The van der Waals surface area contributed by atoms with E-state index in [1.165, 1.54) is 15.3 Å². The molecule has 0 fully saturated rings. The molecule has 0 bridgehead atoms. The van der Waals surface area contributed by atoms with Gasteiger partial charge in [-0.05, 0) is 59.5 Å². The molecule has 0 atom stereocenters. The highest BCUT2D eigenvalue weighted by Crippen LogP contribution is 2.31. The van der Waals surface area contributed by atoms with Gasteiger partial charge < -0.3 is 9.84 Å². The van der Waals surface area contributed by atoms with Crippen molar-refractivity contribution in [3.8, 4) is 5.75 Å². The van der Waals surface area contributed by atoms with Gasteiger partial charge >= 0.3 is 5.97 Å². The molecule has 0 spiro atoms. The number of carboxylic acid groups (broad SMARTS) is 1. The number of aryl methyl sites for hydroxylation is 2. The summed E-state index contributed by atoms with van der Waals surface area (Å²) in [6.07, 6.45) is 1.12. The first-order valence-electron chi connectivity index (χ1n) is 7.49. The molecule has 23 heavy (non-hydrogen) atoms. The zero-order valence-electron chi connectivity index (χ0n) is 13.1. The summed E-state index contributed by atoms with van der Waals surface area (Å²) in [5.41, 5.74) is 2.15. The number of carboxylic acids is 1. The van der Waals surface area contributed by atoms with Gasteiger partial charge in [-0.25, -0.2) is 0 Å². The van der Waals surface area contributed by atoms with Crippen LogP contribution in [-0.4, -0.2) is 11.1 Å². The second kappa shape index (κ2) is 6.72. The van der Waals surface area contributed by atoms with E-state index in [1.807, 2.05) is 23.6 Å². The third-order valence-corrected chi connectivity index (χ3v) is 6.11. The molecule has 0 unspecified atom stereocenters. The van der Waals surface area contributed by atoms with Crippen molar-refractivity contribution in [3.05, 3.63) is 50.5 Å². The smallest absolute Gasteiger partial charge is 0.307 e. The molecular weight excluding hydrogens is 328 g/mol. The van der Waals surface area contributed by atoms with E-state index < -0.39 is 5.97 Å². The highest BCUT2D eigenvalue weighted by Gasteiger charge is 2.10. The maximum Gasteiger partial charge on any atom is 0.307 e. The van der Waals surface area contributed by atoms with E-state index in [9.17, 15) is 4.79 Å². The van der Waals surface area contributed by atoms with Crippen LogP contribution < -0.4 is 4.74 Å². The van der Waals surface area contributed by atoms with Gasteiger partial charge in [0, 0.05) is 14.5 Å². The first-order valence-corrected chi connectivity index (χ1v) is 9.19. The van der Waals surface area contributed by atoms with Crippen LogP contribution in [-0.2, 0) is 24.2 Å². The minimum absolute atomic E-state index is 0.0639. The van der Waals surface area contributed by atoms with Gasteiger partial charge in [0.05, 0.1) is 6.42 Å². The second-order valence-electron chi connectivity index (χ2n) is 5.45. The lowest BCUT2D eigenvalue weighted by molar-refractivity contribution is -0.136. The molecule has 0 radical (unpaired) electrons. The van der Waals surface area contributed by atoms with Crippen LogP contribution in [0.25, 0.3) is 10.1 Å². The average Bonchev–Trinajstić information content (AvgIpc) is 3.08. The lowest BCUT2D eigenvalue weighted by Crippen LogP contribution is -1.98. The molecule has 0 amide bonds. The van der Waals surface area contributed by atoms with Crippen LogP contribution in [0.1, 0.15) is 27.8 Å². The number of hydrogen-bond acceptors (Lipinski definition) is 4. The number of ether oxygens (including phenoxy) is 1. The second-order valence-corrected chi connectivity index (χ2v) is 7.58. The summed E-state index contributed by atoms with van der Waals surface area (Å²) in [4.78, 5) is 13.5. The monoisotopic (exact) mass is 346 g/mol. The van der Waals surface area contributed by atoms with Crippen molar-refractivity contribution in [2.45, 2.75) is 33.3 Å². The molecule has 0 saturated heterocycles. The summed E-state index contributed by atoms with van der Waals surface area (Å²) < 4.78 is 7.00. The van der Waals surface area contributed by atoms with E-state index in [-0.39, 0.29) is 6.42 Å². The average molecular weight is 346 g/mol. The Morgan fingerprint density at radius 3 is 2.83 bits per heavy atom. The summed E-state index contributed by atoms with van der Waals surface area (Å²) in [5, 5.41) is 11.9. The quantitative estimate of drug-likeness (QED) is 0.680. The van der Waals surface area contributed by atoms with Gasteiger partial charge in [-0.2, -0.15) is 0 Å². The molecule has 2 aromatic heterocycles. The Morgan fingerprint density at radius 1 is 1.30 bits per heavy atom. The summed E-state index contributed by atoms with van der Waals surface area (Å²) in [6.45, 7) is 4.86. The zero-order chi connectivity index (χ0) is 16.4. The summed E-state index contributed by atoms with van der Waals surface area (Å²) >= 11 is 3.37. The van der Waals surface area contributed by atoms with Crippen molar-refractivity contribution in [3.63, 3.8) is 0 Å². The Kier molecular flexibility index (Phi) is 4.68. The minimum atomic E-state index is -0.801. The van der Waals surface area contributed by atoms with Crippen molar-refractivity contribution < 1.29 is 14.6 Å². The van der Waals surface area contributed by atoms with Gasteiger partial charge in [-0.15, -0.1) is 22.7 Å². The van der Waals surface area contributed by atoms with Gasteiger partial charge in [0.2, 0.25) is 0 Å². The minimum Gasteiger partial charge on any atom is -0.488 e. The molecule has 3 rings (SSSR count). The molecule has 0 aliphatic carbocycles. The normalized spacial score (nSPS) is 11.0. The van der Waals surface area contributed by atoms with Crippen molar-refractivity contribution in [2.24, 2.45) is 0 Å². The summed E-state index contributed by atoms with van der Waals surface area (Å²) in [5.74, 6) is 0.0250. The SMILES string of the molecule is CCc1cc(C)c(COc2ccc3c(CC(=O)O)csc3c2)s1. The third-order valence-electron chi connectivity index (χ3n) is 3.76. The van der Waals surface area contributed by atoms with Crippen molar-refractivity contribution in [1.29, 1.82) is 0 Å². The van der Waals surface area contributed by atoms with Gasteiger partial charge in [0.1, 0.15) is 12.4 Å². The lowest BCUT2D eigenvalue weighted by Gasteiger charge is -2.06.